The third-order valence-electron chi connectivity index (χ3n) is 3.53. The first-order chi connectivity index (χ1) is 13.8. The maximum absolute atomic E-state index is 14.5. The molecule has 0 aliphatic rings. The number of rotatable bonds is 2. The molecule has 0 unspecified atom stereocenters. The minimum absolute atomic E-state index is 3.30. The van der Waals surface area contributed by atoms with Crippen LogP contribution in [0, 0.1) is 46.5 Å². The van der Waals surface area contributed by atoms with Gasteiger partial charge in [0.25, 0.3) is 0 Å². The molecular formula is C14F16Te. The van der Waals surface area contributed by atoms with Crippen LogP contribution in [0.15, 0.2) is 0 Å². The van der Waals surface area contributed by atoms with Crippen molar-refractivity contribution in [2.24, 2.45) is 0 Å². The number of benzene rings is 2. The summed E-state index contributed by atoms with van der Waals surface area (Å²) in [5.74, 6) is -28.0. The number of hydrogen-bond acceptors (Lipinski definition) is 0. The predicted molar refractivity (Wildman–Crippen MR) is 69.8 cm³/mol. The van der Waals surface area contributed by atoms with Crippen molar-refractivity contribution in [3.05, 3.63) is 57.7 Å². The van der Waals surface area contributed by atoms with E-state index >= 15 is 0 Å². The van der Waals surface area contributed by atoms with E-state index in [0.29, 0.717) is 0 Å². The minimum atomic E-state index is -8.81. The zero-order valence-electron chi connectivity index (χ0n) is 13.5. The molecule has 0 saturated carbocycles. The predicted octanol–water partition coefficient (Wildman–Crippen LogP) is 5.33. The van der Waals surface area contributed by atoms with Crippen molar-refractivity contribution in [3.8, 4) is 0 Å². The fourth-order valence-electron chi connectivity index (χ4n) is 2.27. The molecule has 31 heavy (non-hydrogen) atoms. The van der Waals surface area contributed by atoms with E-state index in [1.165, 1.54) is 0 Å². The Balaban J connectivity index is 3.00. The second-order valence-electron chi connectivity index (χ2n) is 5.38. The second-order valence-corrected chi connectivity index (χ2v) is 10.4. The summed E-state index contributed by atoms with van der Waals surface area (Å²) in [6, 6.07) is 0. The molecule has 0 atom stereocenters. The van der Waals surface area contributed by atoms with Gasteiger partial charge in [-0.05, 0) is 0 Å². The summed E-state index contributed by atoms with van der Waals surface area (Å²) in [4.78, 5) is 0. The van der Waals surface area contributed by atoms with E-state index in [0.717, 1.165) is 0 Å². The van der Waals surface area contributed by atoms with Crippen molar-refractivity contribution in [2.45, 2.75) is 12.4 Å². The Bertz CT molecular complexity index is 922. The Morgan fingerprint density at radius 1 is 0.387 bits per heavy atom. The molecule has 2 aromatic carbocycles. The summed E-state index contributed by atoms with van der Waals surface area (Å²) in [5, 5.41) is 0. The molecule has 0 saturated heterocycles. The van der Waals surface area contributed by atoms with Gasteiger partial charge >= 0.3 is 164 Å². The van der Waals surface area contributed by atoms with Gasteiger partial charge in [-0.3, -0.25) is 0 Å². The molecule has 0 heterocycles. The normalized spacial score (nSPS) is 13.7. The van der Waals surface area contributed by atoms with E-state index < -0.39 is 96.6 Å². The van der Waals surface area contributed by atoms with Crippen molar-refractivity contribution in [2.75, 3.05) is 0 Å². The molecule has 0 fully saturated rings. The molecule has 0 aromatic heterocycles. The maximum atomic E-state index is 14.5. The van der Waals surface area contributed by atoms with Gasteiger partial charge in [-0.1, -0.05) is 0 Å². The molecule has 0 nitrogen and oxygen atoms in total. The topological polar surface area (TPSA) is 0 Å². The van der Waals surface area contributed by atoms with Crippen molar-refractivity contribution in [3.63, 3.8) is 0 Å². The average molecular weight is 600 g/mol. The molecule has 2 rings (SSSR count). The number of alkyl halides is 6. The van der Waals surface area contributed by atoms with Crippen LogP contribution >= 0.6 is 0 Å². The van der Waals surface area contributed by atoms with Crippen molar-refractivity contribution in [1.82, 2.24) is 0 Å². The molecule has 0 N–H and O–H groups in total. The molecule has 2 aromatic rings. The summed E-state index contributed by atoms with van der Waals surface area (Å²) in [7, 11) is 0. The number of hydrogen-bond donors (Lipinski definition) is 0. The molecule has 0 aliphatic carbocycles. The molecule has 0 radical (unpaired) electrons. The third kappa shape index (κ3) is 3.90. The van der Waals surface area contributed by atoms with Crippen LogP contribution in [0.3, 0.4) is 0 Å². The van der Waals surface area contributed by atoms with Crippen LogP contribution in [-0.2, 0) is 12.4 Å². The van der Waals surface area contributed by atoms with Crippen LogP contribution < -0.4 is 7.22 Å². The Morgan fingerprint density at radius 3 is 0.742 bits per heavy atom. The quantitative estimate of drug-likeness (QED) is 0.249. The van der Waals surface area contributed by atoms with Gasteiger partial charge in [0.2, 0.25) is 0 Å². The molecule has 174 valence electrons. The Hall–Kier alpha value is -1.89. The van der Waals surface area contributed by atoms with Crippen LogP contribution in [0.5, 0.6) is 0 Å². The zero-order valence-corrected chi connectivity index (χ0v) is 15.8. The van der Waals surface area contributed by atoms with Crippen molar-refractivity contribution < 1.29 is 67.2 Å². The Labute approximate surface area is 164 Å². The van der Waals surface area contributed by atoms with Gasteiger partial charge in [-0.15, -0.1) is 0 Å². The van der Waals surface area contributed by atoms with Crippen LogP contribution in [0.1, 0.15) is 11.1 Å². The summed E-state index contributed by atoms with van der Waals surface area (Å²) in [6.45, 7) is 0. The summed E-state index contributed by atoms with van der Waals surface area (Å²) in [5.41, 5.74) is -6.70. The fourth-order valence-corrected chi connectivity index (χ4v) is 6.45. The van der Waals surface area contributed by atoms with E-state index in [4.69, 9.17) is 0 Å². The SMILES string of the molecule is Fc1c(F)c([Te](F)(F)c2c(F)c(F)c(C(F)(F)F)c(F)c2F)c(F)c(F)c1C(F)(F)F. The standard InChI is InChI=1S/C14F16Te/c15-3-1(13(23,24)25)4(16)8(20)11(7(3)19)31(29,30)12-9(21)5(17)2(14(26,27)28)6(18)10(12)22. The van der Waals surface area contributed by atoms with Crippen LogP contribution in [0.4, 0.5) is 67.2 Å². The monoisotopic (exact) mass is 602 g/mol. The molecule has 0 bridgehead atoms. The second kappa shape index (κ2) is 7.61. The van der Waals surface area contributed by atoms with E-state index in [1.807, 2.05) is 0 Å². The van der Waals surface area contributed by atoms with Gasteiger partial charge in [0.1, 0.15) is 0 Å². The van der Waals surface area contributed by atoms with Crippen LogP contribution in [0.25, 0.3) is 0 Å². The summed E-state index contributed by atoms with van der Waals surface area (Å²) < 4.78 is 207. The van der Waals surface area contributed by atoms with Gasteiger partial charge in [-0.25, -0.2) is 0 Å². The molecule has 0 aliphatic heterocycles. The van der Waals surface area contributed by atoms with Crippen LogP contribution in [0.2, 0.25) is 0 Å². The molecule has 0 spiro atoms. The summed E-state index contributed by atoms with van der Waals surface area (Å²) >= 11 is -8.81. The van der Waals surface area contributed by atoms with E-state index in [9.17, 15) is 67.2 Å². The van der Waals surface area contributed by atoms with E-state index in [-0.39, 0.29) is 0 Å². The van der Waals surface area contributed by atoms with Gasteiger partial charge in [0.05, 0.1) is 0 Å². The van der Waals surface area contributed by atoms with Crippen LogP contribution in [-0.4, -0.2) is 19.3 Å². The average Bonchev–Trinajstić information content (AvgIpc) is 2.56. The molecule has 0 amide bonds. The Kier molecular flexibility index (Phi) is 6.23. The van der Waals surface area contributed by atoms with Crippen molar-refractivity contribution >= 4 is 26.5 Å². The van der Waals surface area contributed by atoms with Crippen molar-refractivity contribution in [1.29, 1.82) is 0 Å². The first kappa shape index (κ1) is 25.4. The van der Waals surface area contributed by atoms with Gasteiger partial charge < -0.3 is 0 Å². The zero-order chi connectivity index (χ0) is 24.4. The number of halogens is 16. The summed E-state index contributed by atoms with van der Waals surface area (Å²) in [6.07, 6.45) is -12.4. The first-order valence-electron chi connectivity index (χ1n) is 6.86. The molecular weight excluding hydrogens is 600 g/mol. The Morgan fingerprint density at radius 2 is 0.581 bits per heavy atom. The van der Waals surface area contributed by atoms with Gasteiger partial charge in [-0.2, -0.15) is 0 Å². The van der Waals surface area contributed by atoms with E-state index in [2.05, 4.69) is 0 Å². The first-order valence-corrected chi connectivity index (χ1v) is 11.0. The van der Waals surface area contributed by atoms with Gasteiger partial charge in [0.15, 0.2) is 0 Å². The molecule has 17 heteroatoms. The fraction of sp³-hybridized carbons (Fsp3) is 0.143. The van der Waals surface area contributed by atoms with E-state index in [1.54, 1.807) is 0 Å². The third-order valence-corrected chi connectivity index (χ3v) is 8.50. The van der Waals surface area contributed by atoms with Gasteiger partial charge in [0, 0.05) is 0 Å².